The summed E-state index contributed by atoms with van der Waals surface area (Å²) in [7, 11) is 1.70. The van der Waals surface area contributed by atoms with E-state index in [1.54, 1.807) is 19.3 Å². The summed E-state index contributed by atoms with van der Waals surface area (Å²) in [5, 5.41) is 3.94. The SMILES string of the molecule is Cn1cc(C(N)c2ccccc2OC(F)(F)F)cn1. The Morgan fingerprint density at radius 3 is 2.58 bits per heavy atom. The van der Waals surface area contributed by atoms with Crippen LogP contribution in [0.15, 0.2) is 36.7 Å². The van der Waals surface area contributed by atoms with Crippen molar-refractivity contribution >= 4 is 0 Å². The summed E-state index contributed by atoms with van der Waals surface area (Å²) in [5.74, 6) is -0.300. The normalized spacial score (nSPS) is 13.3. The summed E-state index contributed by atoms with van der Waals surface area (Å²) in [5.41, 5.74) is 6.82. The Morgan fingerprint density at radius 1 is 1.32 bits per heavy atom. The van der Waals surface area contributed by atoms with Crippen molar-refractivity contribution in [2.24, 2.45) is 12.8 Å². The van der Waals surface area contributed by atoms with E-state index in [0.717, 1.165) is 0 Å². The van der Waals surface area contributed by atoms with E-state index in [9.17, 15) is 13.2 Å². The minimum Gasteiger partial charge on any atom is -0.405 e. The molecule has 1 heterocycles. The van der Waals surface area contributed by atoms with Gasteiger partial charge in [-0.15, -0.1) is 13.2 Å². The molecule has 7 heteroatoms. The topological polar surface area (TPSA) is 53.1 Å². The molecule has 102 valence electrons. The summed E-state index contributed by atoms with van der Waals surface area (Å²) in [6.07, 6.45) is -1.59. The van der Waals surface area contributed by atoms with Crippen LogP contribution in [0.3, 0.4) is 0 Å². The number of hydrogen-bond acceptors (Lipinski definition) is 3. The molecule has 0 aliphatic heterocycles. The number of para-hydroxylation sites is 1. The number of aromatic nitrogens is 2. The Hall–Kier alpha value is -2.02. The average molecular weight is 271 g/mol. The molecule has 4 nitrogen and oxygen atoms in total. The molecule has 0 bridgehead atoms. The van der Waals surface area contributed by atoms with Crippen molar-refractivity contribution in [2.45, 2.75) is 12.4 Å². The van der Waals surface area contributed by atoms with E-state index in [1.165, 1.54) is 29.1 Å². The van der Waals surface area contributed by atoms with Gasteiger partial charge in [0, 0.05) is 24.4 Å². The van der Waals surface area contributed by atoms with Gasteiger partial charge in [-0.2, -0.15) is 5.10 Å². The molecule has 1 aromatic heterocycles. The summed E-state index contributed by atoms with van der Waals surface area (Å²) in [4.78, 5) is 0. The fraction of sp³-hybridized carbons (Fsp3) is 0.250. The van der Waals surface area contributed by atoms with Crippen molar-refractivity contribution < 1.29 is 17.9 Å². The third-order valence-corrected chi connectivity index (χ3v) is 2.56. The maximum Gasteiger partial charge on any atom is 0.573 e. The number of nitrogens with two attached hydrogens (primary N) is 1. The Labute approximate surface area is 107 Å². The molecular weight excluding hydrogens is 259 g/mol. The molecule has 0 fully saturated rings. The highest BCUT2D eigenvalue weighted by atomic mass is 19.4. The van der Waals surface area contributed by atoms with Crippen molar-refractivity contribution in [2.75, 3.05) is 0 Å². The van der Waals surface area contributed by atoms with Crippen LogP contribution in [0.1, 0.15) is 17.2 Å². The van der Waals surface area contributed by atoms with E-state index in [4.69, 9.17) is 5.73 Å². The van der Waals surface area contributed by atoms with Gasteiger partial charge in [-0.05, 0) is 6.07 Å². The zero-order chi connectivity index (χ0) is 14.0. The van der Waals surface area contributed by atoms with Gasteiger partial charge in [0.25, 0.3) is 0 Å². The minimum absolute atomic E-state index is 0.257. The molecular formula is C12H12F3N3O. The number of ether oxygens (including phenoxy) is 1. The maximum atomic E-state index is 12.3. The first kappa shape index (κ1) is 13.4. The monoisotopic (exact) mass is 271 g/mol. The summed E-state index contributed by atoms with van der Waals surface area (Å²) in [6, 6.07) is 5.07. The van der Waals surface area contributed by atoms with E-state index in [1.807, 2.05) is 0 Å². The summed E-state index contributed by atoms with van der Waals surface area (Å²) >= 11 is 0. The predicted octanol–water partition coefficient (Wildman–Crippen LogP) is 2.37. The second-order valence-corrected chi connectivity index (χ2v) is 4.01. The zero-order valence-corrected chi connectivity index (χ0v) is 10.1. The molecule has 2 aromatic rings. The number of hydrogen-bond donors (Lipinski definition) is 1. The molecule has 1 aromatic carbocycles. The first-order valence-electron chi connectivity index (χ1n) is 5.45. The lowest BCUT2D eigenvalue weighted by molar-refractivity contribution is -0.274. The van der Waals surface area contributed by atoms with E-state index in [0.29, 0.717) is 5.56 Å². The molecule has 0 aliphatic rings. The second-order valence-electron chi connectivity index (χ2n) is 4.01. The fourth-order valence-electron chi connectivity index (χ4n) is 1.74. The highest BCUT2D eigenvalue weighted by molar-refractivity contribution is 5.40. The van der Waals surface area contributed by atoms with Crippen LogP contribution in [0.25, 0.3) is 0 Å². The van der Waals surface area contributed by atoms with Gasteiger partial charge in [0.1, 0.15) is 5.75 Å². The van der Waals surface area contributed by atoms with Crippen LogP contribution >= 0.6 is 0 Å². The van der Waals surface area contributed by atoms with Gasteiger partial charge in [-0.3, -0.25) is 4.68 Å². The molecule has 19 heavy (non-hydrogen) atoms. The lowest BCUT2D eigenvalue weighted by Gasteiger charge is -2.16. The number of alkyl halides is 3. The van der Waals surface area contributed by atoms with Crippen molar-refractivity contribution in [3.05, 3.63) is 47.8 Å². The van der Waals surface area contributed by atoms with Gasteiger partial charge in [0.15, 0.2) is 0 Å². The van der Waals surface area contributed by atoms with Crippen LogP contribution in [0.5, 0.6) is 5.75 Å². The van der Waals surface area contributed by atoms with Crippen molar-refractivity contribution in [1.29, 1.82) is 0 Å². The number of halogens is 3. The minimum atomic E-state index is -4.75. The quantitative estimate of drug-likeness (QED) is 0.932. The molecule has 2 rings (SSSR count). The fourth-order valence-corrected chi connectivity index (χ4v) is 1.74. The average Bonchev–Trinajstić information content (AvgIpc) is 2.74. The van der Waals surface area contributed by atoms with E-state index in [-0.39, 0.29) is 11.3 Å². The summed E-state index contributed by atoms with van der Waals surface area (Å²) < 4.78 is 42.4. The van der Waals surface area contributed by atoms with Crippen LogP contribution in [-0.4, -0.2) is 16.1 Å². The van der Waals surface area contributed by atoms with E-state index >= 15 is 0 Å². The first-order chi connectivity index (χ1) is 8.87. The Kier molecular flexibility index (Phi) is 3.48. The standard InChI is InChI=1S/C12H12F3N3O/c1-18-7-8(6-17-18)11(16)9-4-2-3-5-10(9)19-12(13,14)15/h2-7,11H,16H2,1H3. The summed E-state index contributed by atoms with van der Waals surface area (Å²) in [6.45, 7) is 0. The van der Waals surface area contributed by atoms with Gasteiger partial charge in [0.05, 0.1) is 12.2 Å². The Balaban J connectivity index is 2.34. The van der Waals surface area contributed by atoms with Crippen LogP contribution in [0.2, 0.25) is 0 Å². The van der Waals surface area contributed by atoms with Crippen LogP contribution in [0.4, 0.5) is 13.2 Å². The molecule has 0 radical (unpaired) electrons. The molecule has 0 saturated carbocycles. The van der Waals surface area contributed by atoms with Gasteiger partial charge >= 0.3 is 6.36 Å². The maximum absolute atomic E-state index is 12.3. The smallest absolute Gasteiger partial charge is 0.405 e. The number of aryl methyl sites for hydroxylation is 1. The van der Waals surface area contributed by atoms with E-state index in [2.05, 4.69) is 9.84 Å². The van der Waals surface area contributed by atoms with Gasteiger partial charge < -0.3 is 10.5 Å². The van der Waals surface area contributed by atoms with E-state index < -0.39 is 12.4 Å². The lowest BCUT2D eigenvalue weighted by atomic mass is 10.0. The zero-order valence-electron chi connectivity index (χ0n) is 10.1. The largest absolute Gasteiger partial charge is 0.573 e. The van der Waals surface area contributed by atoms with Crippen molar-refractivity contribution in [3.8, 4) is 5.75 Å². The van der Waals surface area contributed by atoms with Crippen LogP contribution in [-0.2, 0) is 7.05 Å². The molecule has 2 N–H and O–H groups in total. The highest BCUT2D eigenvalue weighted by Gasteiger charge is 2.32. The third kappa shape index (κ3) is 3.25. The van der Waals surface area contributed by atoms with Gasteiger partial charge in [-0.1, -0.05) is 18.2 Å². The highest BCUT2D eigenvalue weighted by Crippen LogP contribution is 2.31. The molecule has 0 saturated heterocycles. The third-order valence-electron chi connectivity index (χ3n) is 2.56. The first-order valence-corrected chi connectivity index (χ1v) is 5.45. The van der Waals surface area contributed by atoms with Crippen LogP contribution in [0, 0.1) is 0 Å². The van der Waals surface area contributed by atoms with Gasteiger partial charge in [0.2, 0.25) is 0 Å². The van der Waals surface area contributed by atoms with Crippen molar-refractivity contribution in [1.82, 2.24) is 9.78 Å². The molecule has 1 atom stereocenters. The molecule has 0 aliphatic carbocycles. The van der Waals surface area contributed by atoms with Crippen LogP contribution < -0.4 is 10.5 Å². The second kappa shape index (κ2) is 4.93. The number of nitrogens with zero attached hydrogens (tertiary/aromatic N) is 2. The Bertz CT molecular complexity index is 565. The Morgan fingerprint density at radius 2 is 2.00 bits per heavy atom. The number of benzene rings is 1. The molecule has 0 spiro atoms. The van der Waals surface area contributed by atoms with Gasteiger partial charge in [-0.25, -0.2) is 0 Å². The van der Waals surface area contributed by atoms with Crippen molar-refractivity contribution in [3.63, 3.8) is 0 Å². The predicted molar refractivity (Wildman–Crippen MR) is 62.4 cm³/mol. The molecule has 1 unspecified atom stereocenters. The number of rotatable bonds is 3. The lowest BCUT2D eigenvalue weighted by Crippen LogP contribution is -2.20. The molecule has 0 amide bonds.